The second-order valence-electron chi connectivity index (χ2n) is 3.92. The van der Waals surface area contributed by atoms with Crippen LogP contribution >= 0.6 is 0 Å². The maximum absolute atomic E-state index is 8.79. The summed E-state index contributed by atoms with van der Waals surface area (Å²) in [6.07, 6.45) is 6.99. The van der Waals surface area contributed by atoms with E-state index in [-0.39, 0.29) is 0 Å². The van der Waals surface area contributed by atoms with Gasteiger partial charge in [0.25, 0.3) is 0 Å². The highest BCUT2D eigenvalue weighted by Gasteiger charge is 2.20. The van der Waals surface area contributed by atoms with Gasteiger partial charge in [-0.05, 0) is 31.1 Å². The lowest BCUT2D eigenvalue weighted by Gasteiger charge is -2.28. The van der Waals surface area contributed by atoms with Crippen molar-refractivity contribution in [1.82, 2.24) is 0 Å². The van der Waals surface area contributed by atoms with Crippen molar-refractivity contribution >= 4 is 0 Å². The minimum Gasteiger partial charge on any atom is -0.396 e. The lowest BCUT2D eigenvalue weighted by atomic mass is 9.79. The Balaban J connectivity index is 2.20. The Morgan fingerprint density at radius 2 is 1.42 bits per heavy atom. The van der Waals surface area contributed by atoms with Crippen molar-refractivity contribution < 1.29 is 10.2 Å². The number of aliphatic hydroxyl groups is 2. The molecule has 1 aliphatic rings. The summed E-state index contributed by atoms with van der Waals surface area (Å²) in [6, 6.07) is 0. The van der Waals surface area contributed by atoms with E-state index in [9.17, 15) is 0 Å². The molecule has 0 aliphatic heterocycles. The largest absolute Gasteiger partial charge is 0.396 e. The predicted molar refractivity (Wildman–Crippen MR) is 48.9 cm³/mol. The van der Waals surface area contributed by atoms with E-state index in [2.05, 4.69) is 0 Å². The van der Waals surface area contributed by atoms with Gasteiger partial charge in [0.1, 0.15) is 0 Å². The van der Waals surface area contributed by atoms with Crippen LogP contribution in [0.25, 0.3) is 0 Å². The summed E-state index contributed by atoms with van der Waals surface area (Å²) in [5.41, 5.74) is 0. The van der Waals surface area contributed by atoms with Gasteiger partial charge in [0.05, 0.1) is 0 Å². The van der Waals surface area contributed by atoms with E-state index >= 15 is 0 Å². The molecule has 2 atom stereocenters. The lowest BCUT2D eigenvalue weighted by Crippen LogP contribution is -2.17. The second-order valence-corrected chi connectivity index (χ2v) is 3.92. The first-order chi connectivity index (χ1) is 5.86. The van der Waals surface area contributed by atoms with E-state index in [0.717, 1.165) is 24.7 Å². The molecule has 72 valence electrons. The van der Waals surface area contributed by atoms with Crippen LogP contribution in [0.15, 0.2) is 0 Å². The Hall–Kier alpha value is -0.0800. The van der Waals surface area contributed by atoms with Gasteiger partial charge < -0.3 is 10.2 Å². The van der Waals surface area contributed by atoms with Gasteiger partial charge in [0, 0.05) is 13.2 Å². The van der Waals surface area contributed by atoms with Gasteiger partial charge in [-0.25, -0.2) is 0 Å². The van der Waals surface area contributed by atoms with Gasteiger partial charge in [0.15, 0.2) is 0 Å². The molecular weight excluding hydrogens is 152 g/mol. The second kappa shape index (κ2) is 5.55. The van der Waals surface area contributed by atoms with Crippen molar-refractivity contribution in [3.8, 4) is 0 Å². The molecule has 0 radical (unpaired) electrons. The first-order valence-electron chi connectivity index (χ1n) is 5.08. The molecule has 2 N–H and O–H groups in total. The van der Waals surface area contributed by atoms with Crippen LogP contribution in [0.3, 0.4) is 0 Å². The summed E-state index contributed by atoms with van der Waals surface area (Å²) < 4.78 is 0. The third kappa shape index (κ3) is 3.11. The van der Waals surface area contributed by atoms with Gasteiger partial charge in [0.2, 0.25) is 0 Å². The first-order valence-corrected chi connectivity index (χ1v) is 5.08. The first kappa shape index (κ1) is 10.0. The van der Waals surface area contributed by atoms with E-state index in [4.69, 9.17) is 10.2 Å². The molecule has 12 heavy (non-hydrogen) atoms. The predicted octanol–water partition coefficient (Wildman–Crippen LogP) is 1.56. The standard InChI is InChI=1S/C10H20O2/c11-6-4-9-2-1-3-10(8-9)5-7-12/h9-12H,1-8H2. The van der Waals surface area contributed by atoms with E-state index in [1.807, 2.05) is 0 Å². The molecule has 2 nitrogen and oxygen atoms in total. The van der Waals surface area contributed by atoms with Crippen molar-refractivity contribution in [2.75, 3.05) is 13.2 Å². The molecule has 1 fully saturated rings. The molecule has 1 saturated carbocycles. The minimum absolute atomic E-state index is 0.330. The highest BCUT2D eigenvalue weighted by molar-refractivity contribution is 4.72. The summed E-state index contributed by atoms with van der Waals surface area (Å²) in [5, 5.41) is 17.6. The molecule has 0 aromatic carbocycles. The molecular formula is C10H20O2. The van der Waals surface area contributed by atoms with E-state index in [0.29, 0.717) is 13.2 Å². The van der Waals surface area contributed by atoms with Crippen molar-refractivity contribution in [2.24, 2.45) is 11.8 Å². The minimum atomic E-state index is 0.330. The topological polar surface area (TPSA) is 40.5 Å². The summed E-state index contributed by atoms with van der Waals surface area (Å²) in [6.45, 7) is 0.660. The van der Waals surface area contributed by atoms with Crippen LogP contribution in [0.2, 0.25) is 0 Å². The zero-order valence-electron chi connectivity index (χ0n) is 7.71. The third-order valence-electron chi connectivity index (χ3n) is 2.97. The third-order valence-corrected chi connectivity index (χ3v) is 2.97. The quantitative estimate of drug-likeness (QED) is 0.675. The van der Waals surface area contributed by atoms with E-state index in [1.54, 1.807) is 0 Å². The van der Waals surface area contributed by atoms with Crippen LogP contribution in [0.5, 0.6) is 0 Å². The Morgan fingerprint density at radius 1 is 0.917 bits per heavy atom. The molecule has 0 saturated heterocycles. The van der Waals surface area contributed by atoms with Gasteiger partial charge in [-0.3, -0.25) is 0 Å². The van der Waals surface area contributed by atoms with E-state index in [1.165, 1.54) is 25.7 Å². The molecule has 0 spiro atoms. The zero-order chi connectivity index (χ0) is 8.81. The van der Waals surface area contributed by atoms with Crippen LogP contribution < -0.4 is 0 Å². The van der Waals surface area contributed by atoms with Gasteiger partial charge in [-0.2, -0.15) is 0 Å². The molecule has 0 aromatic rings. The maximum atomic E-state index is 8.79. The summed E-state index contributed by atoms with van der Waals surface area (Å²) >= 11 is 0. The van der Waals surface area contributed by atoms with Crippen molar-refractivity contribution in [3.63, 3.8) is 0 Å². The highest BCUT2D eigenvalue weighted by Crippen LogP contribution is 2.32. The van der Waals surface area contributed by atoms with Crippen LogP contribution in [-0.4, -0.2) is 23.4 Å². The van der Waals surface area contributed by atoms with Crippen LogP contribution in [0, 0.1) is 11.8 Å². The summed E-state index contributed by atoms with van der Waals surface area (Å²) in [4.78, 5) is 0. The molecule has 0 heterocycles. The molecule has 1 aliphatic carbocycles. The zero-order valence-corrected chi connectivity index (χ0v) is 7.71. The number of aliphatic hydroxyl groups excluding tert-OH is 2. The fourth-order valence-corrected chi connectivity index (χ4v) is 2.29. The van der Waals surface area contributed by atoms with Gasteiger partial charge in [-0.15, -0.1) is 0 Å². The molecule has 2 unspecified atom stereocenters. The van der Waals surface area contributed by atoms with Crippen molar-refractivity contribution in [2.45, 2.75) is 38.5 Å². The number of hydrogen-bond acceptors (Lipinski definition) is 2. The molecule has 0 amide bonds. The fraction of sp³-hybridized carbons (Fsp3) is 1.00. The maximum Gasteiger partial charge on any atom is 0.0433 e. The fourth-order valence-electron chi connectivity index (χ4n) is 2.29. The Bertz CT molecular complexity index is 98.4. The monoisotopic (exact) mass is 172 g/mol. The SMILES string of the molecule is OCCC1CCCC(CCO)C1. The van der Waals surface area contributed by atoms with Crippen LogP contribution in [0.4, 0.5) is 0 Å². The molecule has 2 heteroatoms. The van der Waals surface area contributed by atoms with Gasteiger partial charge in [-0.1, -0.05) is 19.3 Å². The average molecular weight is 172 g/mol. The lowest BCUT2D eigenvalue weighted by molar-refractivity contribution is 0.173. The van der Waals surface area contributed by atoms with Gasteiger partial charge >= 0.3 is 0 Å². The smallest absolute Gasteiger partial charge is 0.0433 e. The Kier molecular flexibility index (Phi) is 4.62. The number of rotatable bonds is 4. The highest BCUT2D eigenvalue weighted by atomic mass is 16.3. The average Bonchev–Trinajstić information content (AvgIpc) is 2.06. The molecule has 0 bridgehead atoms. The van der Waals surface area contributed by atoms with E-state index < -0.39 is 0 Å². The Morgan fingerprint density at radius 3 is 1.83 bits per heavy atom. The normalized spacial score (nSPS) is 30.5. The molecule has 0 aromatic heterocycles. The van der Waals surface area contributed by atoms with Crippen LogP contribution in [0.1, 0.15) is 38.5 Å². The van der Waals surface area contributed by atoms with Crippen molar-refractivity contribution in [1.29, 1.82) is 0 Å². The number of hydrogen-bond donors (Lipinski definition) is 2. The van der Waals surface area contributed by atoms with Crippen molar-refractivity contribution in [3.05, 3.63) is 0 Å². The summed E-state index contributed by atoms with van der Waals surface area (Å²) in [7, 11) is 0. The van der Waals surface area contributed by atoms with Crippen LogP contribution in [-0.2, 0) is 0 Å². The summed E-state index contributed by atoms with van der Waals surface area (Å²) in [5.74, 6) is 1.44. The Labute approximate surface area is 74.6 Å². The molecule has 1 rings (SSSR count).